The number of pyridine rings is 1. The zero-order valence-electron chi connectivity index (χ0n) is 18.9. The van der Waals surface area contributed by atoms with Gasteiger partial charge in [-0.25, -0.2) is 4.39 Å². The molecule has 3 aromatic rings. The van der Waals surface area contributed by atoms with E-state index in [9.17, 15) is 18.0 Å². The van der Waals surface area contributed by atoms with Gasteiger partial charge in [0.2, 0.25) is 12.3 Å². The van der Waals surface area contributed by atoms with Crippen LogP contribution in [0, 0.1) is 5.82 Å². The number of rotatable bonds is 8. The summed E-state index contributed by atoms with van der Waals surface area (Å²) in [6.07, 6.45) is 0.977. The van der Waals surface area contributed by atoms with Gasteiger partial charge in [0.1, 0.15) is 11.5 Å². The third-order valence-electron chi connectivity index (χ3n) is 6.03. The van der Waals surface area contributed by atoms with Gasteiger partial charge >= 0.3 is 6.43 Å². The second kappa shape index (κ2) is 10.2. The molecule has 11 heteroatoms. The highest BCUT2D eigenvalue weighted by Crippen LogP contribution is 2.34. The first-order valence-electron chi connectivity index (χ1n) is 10.9. The molecule has 0 radical (unpaired) electrons. The fourth-order valence-electron chi connectivity index (χ4n) is 4.08. The monoisotopic (exact) mass is 474 g/mol. The van der Waals surface area contributed by atoms with Crippen LogP contribution in [-0.4, -0.2) is 59.7 Å². The Labute approximate surface area is 195 Å². The number of aromatic nitrogens is 3. The van der Waals surface area contributed by atoms with Crippen LogP contribution < -0.4 is 9.80 Å². The van der Waals surface area contributed by atoms with E-state index >= 15 is 0 Å². The molecule has 8 nitrogen and oxygen atoms in total. The van der Waals surface area contributed by atoms with Crippen LogP contribution in [0.25, 0.3) is 11.5 Å². The van der Waals surface area contributed by atoms with E-state index in [0.717, 1.165) is 25.9 Å². The Morgan fingerprint density at radius 1 is 1.21 bits per heavy atom. The van der Waals surface area contributed by atoms with Gasteiger partial charge < -0.3 is 19.1 Å². The van der Waals surface area contributed by atoms with Gasteiger partial charge in [-0.15, -0.1) is 10.2 Å². The second-order valence-electron chi connectivity index (χ2n) is 8.27. The van der Waals surface area contributed by atoms with Crippen molar-refractivity contribution in [3.8, 4) is 11.5 Å². The van der Waals surface area contributed by atoms with Crippen molar-refractivity contribution in [1.29, 1.82) is 0 Å². The number of carbonyl (C=O) groups is 1. The van der Waals surface area contributed by atoms with E-state index in [0.29, 0.717) is 23.4 Å². The molecule has 1 amide bonds. The number of piperidine rings is 1. The second-order valence-corrected chi connectivity index (χ2v) is 8.27. The first kappa shape index (κ1) is 23.7. The molecular weight excluding hydrogens is 449 g/mol. The largest absolute Gasteiger partial charge is 0.415 e. The lowest BCUT2D eigenvalue weighted by Gasteiger charge is -2.38. The van der Waals surface area contributed by atoms with E-state index in [1.807, 2.05) is 11.9 Å². The summed E-state index contributed by atoms with van der Waals surface area (Å²) in [7, 11) is 3.99. The van der Waals surface area contributed by atoms with Crippen molar-refractivity contribution in [3.63, 3.8) is 0 Å². The molecule has 1 aliphatic rings. The molecule has 2 aromatic heterocycles. The van der Waals surface area contributed by atoms with E-state index in [1.165, 1.54) is 17.2 Å². The van der Waals surface area contributed by atoms with Gasteiger partial charge in [0.05, 0.1) is 23.5 Å². The van der Waals surface area contributed by atoms with Gasteiger partial charge in [-0.05, 0) is 57.2 Å². The predicted molar refractivity (Wildman–Crippen MR) is 120 cm³/mol. The summed E-state index contributed by atoms with van der Waals surface area (Å²) in [5, 5.41) is 6.89. The summed E-state index contributed by atoms with van der Waals surface area (Å²) < 4.78 is 45.3. The van der Waals surface area contributed by atoms with E-state index in [4.69, 9.17) is 4.42 Å². The molecule has 0 N–H and O–H groups in total. The minimum absolute atomic E-state index is 0.0189. The molecule has 0 aliphatic carbocycles. The predicted octanol–water partition coefficient (Wildman–Crippen LogP) is 3.90. The fourth-order valence-corrected chi connectivity index (χ4v) is 4.08. The minimum Gasteiger partial charge on any atom is -0.415 e. The van der Waals surface area contributed by atoms with Crippen molar-refractivity contribution < 1.29 is 22.4 Å². The third kappa shape index (κ3) is 5.04. The lowest BCUT2D eigenvalue weighted by molar-refractivity contribution is -0.107. The van der Waals surface area contributed by atoms with E-state index in [2.05, 4.69) is 27.1 Å². The normalized spacial score (nSPS) is 15.0. The fraction of sp³-hybridized carbons (Fsp3) is 0.391. The van der Waals surface area contributed by atoms with Gasteiger partial charge in [0.25, 0.3) is 5.89 Å². The van der Waals surface area contributed by atoms with Gasteiger partial charge in [-0.3, -0.25) is 9.78 Å². The highest BCUT2D eigenvalue weighted by Gasteiger charge is 2.26. The topological polar surface area (TPSA) is 78.6 Å². The van der Waals surface area contributed by atoms with E-state index in [-0.39, 0.29) is 24.2 Å². The zero-order valence-corrected chi connectivity index (χ0v) is 18.9. The zero-order chi connectivity index (χ0) is 24.2. The Hall–Kier alpha value is -3.47. The molecule has 180 valence electrons. The molecule has 0 unspecified atom stereocenters. The summed E-state index contributed by atoms with van der Waals surface area (Å²) in [6, 6.07) is 8.16. The van der Waals surface area contributed by atoms with Crippen LogP contribution in [0.15, 0.2) is 40.9 Å². The Morgan fingerprint density at radius 2 is 1.97 bits per heavy atom. The smallest absolute Gasteiger partial charge is 0.314 e. The first-order chi connectivity index (χ1) is 16.4. The summed E-state index contributed by atoms with van der Waals surface area (Å²) in [5.41, 5.74) is 1.64. The number of nitrogens with zero attached hydrogens (tertiary/aromatic N) is 6. The minimum atomic E-state index is -2.86. The summed E-state index contributed by atoms with van der Waals surface area (Å²) in [6.45, 7) is 1.92. The Bertz CT molecular complexity index is 1120. The number of anilines is 2. The van der Waals surface area contributed by atoms with E-state index < -0.39 is 18.1 Å². The van der Waals surface area contributed by atoms with Crippen molar-refractivity contribution in [2.45, 2.75) is 31.9 Å². The van der Waals surface area contributed by atoms with Crippen LogP contribution in [0.3, 0.4) is 0 Å². The quantitative estimate of drug-likeness (QED) is 0.458. The molecule has 1 saturated heterocycles. The van der Waals surface area contributed by atoms with Gasteiger partial charge in [-0.2, -0.15) is 8.78 Å². The molecule has 0 bridgehead atoms. The average molecular weight is 474 g/mol. The number of carbonyl (C=O) groups excluding carboxylic acids is 1. The molecular formula is C23H25F3N6O2. The van der Waals surface area contributed by atoms with Crippen LogP contribution >= 0.6 is 0 Å². The number of hydrogen-bond acceptors (Lipinski definition) is 7. The molecule has 4 rings (SSSR count). The number of likely N-dealkylation sites (tertiary alicyclic amines) is 1. The summed E-state index contributed by atoms with van der Waals surface area (Å²) in [5.74, 6) is -1.36. The SMILES string of the molecule is CN1CCC(N(C)c2cccc(F)c2N(C=O)Cc2ccc(-c3nnc(C(F)F)o3)cn2)CC1. The highest BCUT2D eigenvalue weighted by atomic mass is 19.3. The molecule has 1 aliphatic heterocycles. The molecule has 34 heavy (non-hydrogen) atoms. The molecule has 3 heterocycles. The number of alkyl halides is 2. The lowest BCUT2D eigenvalue weighted by Crippen LogP contribution is -2.42. The Morgan fingerprint density at radius 3 is 2.59 bits per heavy atom. The number of para-hydroxylation sites is 1. The van der Waals surface area contributed by atoms with Crippen LogP contribution in [0.1, 0.15) is 30.9 Å². The van der Waals surface area contributed by atoms with Crippen molar-refractivity contribution >= 4 is 17.8 Å². The molecule has 1 aromatic carbocycles. The molecule has 0 saturated carbocycles. The summed E-state index contributed by atoms with van der Waals surface area (Å²) in [4.78, 5) is 21.9. The standard InChI is InChI=1S/C23H25F3N6O2/c1-30-10-8-17(9-11-30)31(2)19-5-3-4-18(24)20(19)32(14-33)13-16-7-6-15(12-27-16)22-28-29-23(34-22)21(25)26/h3-7,12,14,17,21H,8-11,13H2,1-2H3. The molecule has 0 spiro atoms. The molecule has 1 fully saturated rings. The van der Waals surface area contributed by atoms with Gasteiger partial charge in [0.15, 0.2) is 0 Å². The van der Waals surface area contributed by atoms with Crippen LogP contribution in [-0.2, 0) is 11.3 Å². The maximum absolute atomic E-state index is 15.0. The molecule has 0 atom stereocenters. The van der Waals surface area contributed by atoms with E-state index in [1.54, 1.807) is 24.3 Å². The van der Waals surface area contributed by atoms with Gasteiger partial charge in [0, 0.05) is 19.3 Å². The van der Waals surface area contributed by atoms with Crippen molar-refractivity contribution in [1.82, 2.24) is 20.1 Å². The maximum atomic E-state index is 15.0. The number of amides is 1. The third-order valence-corrected chi connectivity index (χ3v) is 6.03. The van der Waals surface area contributed by atoms with Crippen molar-refractivity contribution in [2.75, 3.05) is 37.0 Å². The Balaban J connectivity index is 1.55. The van der Waals surface area contributed by atoms with Crippen LogP contribution in [0.2, 0.25) is 0 Å². The highest BCUT2D eigenvalue weighted by molar-refractivity contribution is 5.84. The van der Waals surface area contributed by atoms with Crippen molar-refractivity contribution in [2.24, 2.45) is 0 Å². The average Bonchev–Trinajstić information content (AvgIpc) is 3.34. The van der Waals surface area contributed by atoms with Crippen LogP contribution in [0.5, 0.6) is 0 Å². The number of benzene rings is 1. The number of halogens is 3. The van der Waals surface area contributed by atoms with Crippen LogP contribution in [0.4, 0.5) is 24.5 Å². The lowest BCUT2D eigenvalue weighted by atomic mass is 10.0. The van der Waals surface area contributed by atoms with Crippen molar-refractivity contribution in [3.05, 3.63) is 53.9 Å². The first-order valence-corrected chi connectivity index (χ1v) is 10.9. The summed E-state index contributed by atoms with van der Waals surface area (Å²) >= 11 is 0. The van der Waals surface area contributed by atoms with Gasteiger partial charge in [-0.1, -0.05) is 6.07 Å². The Kier molecular flexibility index (Phi) is 7.11. The maximum Gasteiger partial charge on any atom is 0.314 e. The number of hydrogen-bond donors (Lipinski definition) is 0.